The van der Waals surface area contributed by atoms with Crippen molar-refractivity contribution in [3.63, 3.8) is 0 Å². The summed E-state index contributed by atoms with van der Waals surface area (Å²) in [4.78, 5) is 12.2. The summed E-state index contributed by atoms with van der Waals surface area (Å²) in [7, 11) is 0. The fourth-order valence-electron chi connectivity index (χ4n) is 2.01. The minimum Gasteiger partial charge on any atom is -0.322 e. The predicted octanol–water partition coefficient (Wildman–Crippen LogP) is 4.37. The van der Waals surface area contributed by atoms with Crippen molar-refractivity contribution in [3.8, 4) is 0 Å². The molecule has 2 aromatic carbocycles. The van der Waals surface area contributed by atoms with E-state index in [-0.39, 0.29) is 5.91 Å². The van der Waals surface area contributed by atoms with Crippen LogP contribution in [0.4, 0.5) is 5.69 Å². The molecule has 2 nitrogen and oxygen atoms in total. The van der Waals surface area contributed by atoms with Gasteiger partial charge in [-0.3, -0.25) is 4.79 Å². The number of amides is 1. The van der Waals surface area contributed by atoms with Crippen LogP contribution in [0.3, 0.4) is 0 Å². The summed E-state index contributed by atoms with van der Waals surface area (Å²) in [6.45, 7) is 6.25. The lowest BCUT2D eigenvalue weighted by molar-refractivity contribution is 0.102. The van der Waals surface area contributed by atoms with E-state index in [1.165, 1.54) is 0 Å². The summed E-state index contributed by atoms with van der Waals surface area (Å²) < 4.78 is 0. The van der Waals surface area contributed by atoms with Crippen LogP contribution in [-0.4, -0.2) is 5.91 Å². The van der Waals surface area contributed by atoms with Crippen molar-refractivity contribution in [2.75, 3.05) is 5.32 Å². The van der Waals surface area contributed by atoms with Gasteiger partial charge in [0.15, 0.2) is 0 Å². The van der Waals surface area contributed by atoms with Crippen molar-refractivity contribution in [1.82, 2.24) is 0 Å². The molecule has 0 fully saturated rings. The summed E-state index contributed by atoms with van der Waals surface area (Å²) >= 11 is 0. The second-order valence-corrected chi connectivity index (χ2v) is 5.06. The van der Waals surface area contributed by atoms with Crippen LogP contribution in [0.15, 0.2) is 48.5 Å². The first kappa shape index (κ1) is 13.3. The Hall–Kier alpha value is -2.09. The molecule has 98 valence electrons. The summed E-state index contributed by atoms with van der Waals surface area (Å²) in [5.74, 6) is 0.322. The summed E-state index contributed by atoms with van der Waals surface area (Å²) in [5, 5.41) is 2.99. The van der Waals surface area contributed by atoms with Gasteiger partial charge < -0.3 is 5.32 Å². The van der Waals surface area contributed by atoms with Crippen LogP contribution in [-0.2, 0) is 0 Å². The Bertz CT molecular complexity index is 570. The van der Waals surface area contributed by atoms with E-state index in [4.69, 9.17) is 0 Å². The molecule has 0 heterocycles. The number of carbonyl (C=O) groups excluding carboxylic acids is 1. The van der Waals surface area contributed by atoms with Gasteiger partial charge >= 0.3 is 0 Å². The molecule has 19 heavy (non-hydrogen) atoms. The molecule has 0 saturated heterocycles. The van der Waals surface area contributed by atoms with Crippen LogP contribution in [0.25, 0.3) is 0 Å². The summed E-state index contributed by atoms with van der Waals surface area (Å²) in [6.07, 6.45) is 0. The maximum atomic E-state index is 12.2. The Morgan fingerprint density at radius 1 is 1.00 bits per heavy atom. The molecule has 0 bridgehead atoms. The molecule has 0 radical (unpaired) electrons. The van der Waals surface area contributed by atoms with Gasteiger partial charge in [-0.2, -0.15) is 0 Å². The Balaban J connectivity index is 2.22. The second-order valence-electron chi connectivity index (χ2n) is 5.06. The van der Waals surface area contributed by atoms with Gasteiger partial charge in [-0.1, -0.05) is 49.7 Å². The maximum absolute atomic E-state index is 12.2. The number of hydrogen-bond acceptors (Lipinski definition) is 1. The number of para-hydroxylation sites is 1. The maximum Gasteiger partial charge on any atom is 0.255 e. The quantitative estimate of drug-likeness (QED) is 0.864. The first-order valence-corrected chi connectivity index (χ1v) is 6.55. The second kappa shape index (κ2) is 5.70. The van der Waals surface area contributed by atoms with Gasteiger partial charge in [-0.25, -0.2) is 0 Å². The zero-order valence-electron chi connectivity index (χ0n) is 11.6. The van der Waals surface area contributed by atoms with Crippen LogP contribution in [0, 0.1) is 6.92 Å². The molecule has 2 rings (SSSR count). The van der Waals surface area contributed by atoms with Gasteiger partial charge in [-0.05, 0) is 36.6 Å². The van der Waals surface area contributed by atoms with Gasteiger partial charge in [0, 0.05) is 11.3 Å². The molecule has 0 unspecified atom stereocenters. The Kier molecular flexibility index (Phi) is 4.00. The number of hydrogen-bond donors (Lipinski definition) is 1. The monoisotopic (exact) mass is 253 g/mol. The van der Waals surface area contributed by atoms with Crippen LogP contribution < -0.4 is 5.32 Å². The molecule has 0 aliphatic rings. The fourth-order valence-corrected chi connectivity index (χ4v) is 2.01. The first-order chi connectivity index (χ1) is 9.08. The smallest absolute Gasteiger partial charge is 0.255 e. The lowest BCUT2D eigenvalue weighted by Crippen LogP contribution is -2.13. The number of aryl methyl sites for hydroxylation is 1. The van der Waals surface area contributed by atoms with E-state index in [0.717, 1.165) is 16.8 Å². The lowest BCUT2D eigenvalue weighted by atomic mass is 10.0. The average molecular weight is 253 g/mol. The van der Waals surface area contributed by atoms with E-state index in [1.807, 2.05) is 49.4 Å². The highest BCUT2D eigenvalue weighted by molar-refractivity contribution is 6.04. The zero-order chi connectivity index (χ0) is 13.8. The molecule has 0 spiro atoms. The Morgan fingerprint density at radius 2 is 1.63 bits per heavy atom. The van der Waals surface area contributed by atoms with E-state index in [2.05, 4.69) is 25.2 Å². The molecule has 0 aliphatic heterocycles. The summed E-state index contributed by atoms with van der Waals surface area (Å²) in [6, 6.07) is 15.5. The predicted molar refractivity (Wildman–Crippen MR) is 79.7 cm³/mol. The van der Waals surface area contributed by atoms with E-state index < -0.39 is 0 Å². The lowest BCUT2D eigenvalue weighted by Gasteiger charge is -2.13. The molecule has 0 atom stereocenters. The third-order valence-corrected chi connectivity index (χ3v) is 3.14. The van der Waals surface area contributed by atoms with Gasteiger partial charge in [0.05, 0.1) is 0 Å². The standard InChI is InChI=1S/C17H19NO/c1-12(2)15-6-4-5-7-16(15)18-17(19)14-10-8-13(3)9-11-14/h4-12H,1-3H3,(H,18,19). The molecule has 1 amide bonds. The zero-order valence-corrected chi connectivity index (χ0v) is 11.6. The fraction of sp³-hybridized carbons (Fsp3) is 0.235. The van der Waals surface area contributed by atoms with Crippen LogP contribution in [0.2, 0.25) is 0 Å². The summed E-state index contributed by atoms with van der Waals surface area (Å²) in [5.41, 5.74) is 3.88. The first-order valence-electron chi connectivity index (χ1n) is 6.55. The Morgan fingerprint density at radius 3 is 2.26 bits per heavy atom. The van der Waals surface area contributed by atoms with Crippen LogP contribution >= 0.6 is 0 Å². The van der Waals surface area contributed by atoms with Gasteiger partial charge in [0.1, 0.15) is 0 Å². The molecule has 0 aliphatic carbocycles. The van der Waals surface area contributed by atoms with Gasteiger partial charge in [0.25, 0.3) is 5.91 Å². The Labute approximate surface area is 114 Å². The van der Waals surface area contributed by atoms with Crippen molar-refractivity contribution in [2.24, 2.45) is 0 Å². The third-order valence-electron chi connectivity index (χ3n) is 3.14. The largest absolute Gasteiger partial charge is 0.322 e. The molecule has 2 aromatic rings. The third kappa shape index (κ3) is 3.22. The average Bonchev–Trinajstić information content (AvgIpc) is 2.39. The highest BCUT2D eigenvalue weighted by atomic mass is 16.1. The normalized spacial score (nSPS) is 10.5. The molecule has 1 N–H and O–H groups in total. The topological polar surface area (TPSA) is 29.1 Å². The van der Waals surface area contributed by atoms with E-state index >= 15 is 0 Å². The number of nitrogens with one attached hydrogen (secondary N) is 1. The number of rotatable bonds is 3. The molecule has 0 saturated carbocycles. The minimum atomic E-state index is -0.0619. The van der Waals surface area contributed by atoms with E-state index in [1.54, 1.807) is 0 Å². The van der Waals surface area contributed by atoms with Crippen molar-refractivity contribution in [1.29, 1.82) is 0 Å². The number of anilines is 1. The number of carbonyl (C=O) groups is 1. The number of benzene rings is 2. The molecular formula is C17H19NO. The SMILES string of the molecule is Cc1ccc(C(=O)Nc2ccccc2C(C)C)cc1. The van der Waals surface area contributed by atoms with E-state index in [9.17, 15) is 4.79 Å². The molecular weight excluding hydrogens is 234 g/mol. The van der Waals surface area contributed by atoms with Crippen LogP contribution in [0.1, 0.15) is 41.3 Å². The van der Waals surface area contributed by atoms with Crippen molar-refractivity contribution >= 4 is 11.6 Å². The highest BCUT2D eigenvalue weighted by Gasteiger charge is 2.10. The van der Waals surface area contributed by atoms with Crippen molar-refractivity contribution in [3.05, 3.63) is 65.2 Å². The minimum absolute atomic E-state index is 0.0619. The molecule has 2 heteroatoms. The van der Waals surface area contributed by atoms with Crippen molar-refractivity contribution < 1.29 is 4.79 Å². The van der Waals surface area contributed by atoms with E-state index in [0.29, 0.717) is 11.5 Å². The van der Waals surface area contributed by atoms with Crippen molar-refractivity contribution in [2.45, 2.75) is 26.7 Å². The highest BCUT2D eigenvalue weighted by Crippen LogP contribution is 2.24. The van der Waals surface area contributed by atoms with Crippen LogP contribution in [0.5, 0.6) is 0 Å². The van der Waals surface area contributed by atoms with Gasteiger partial charge in [0.2, 0.25) is 0 Å². The molecule has 0 aromatic heterocycles. The van der Waals surface area contributed by atoms with Gasteiger partial charge in [-0.15, -0.1) is 0 Å².